The van der Waals surface area contributed by atoms with Crippen molar-refractivity contribution in [3.8, 4) is 0 Å². The Bertz CT molecular complexity index is 508. The maximum absolute atomic E-state index is 12.3. The van der Waals surface area contributed by atoms with Crippen molar-refractivity contribution in [1.29, 1.82) is 0 Å². The summed E-state index contributed by atoms with van der Waals surface area (Å²) in [6.07, 6.45) is 6.72. The van der Waals surface area contributed by atoms with E-state index in [2.05, 4.69) is 5.32 Å². The molecule has 0 bridgehead atoms. The van der Waals surface area contributed by atoms with Crippen molar-refractivity contribution in [3.05, 3.63) is 12.2 Å². The molecule has 1 amide bonds. The Labute approximate surface area is 154 Å². The van der Waals surface area contributed by atoms with Crippen molar-refractivity contribution in [2.45, 2.75) is 51.2 Å². The van der Waals surface area contributed by atoms with Crippen LogP contribution in [0.3, 0.4) is 0 Å². The summed E-state index contributed by atoms with van der Waals surface area (Å²) in [5.74, 6) is -1.04. The predicted octanol–water partition coefficient (Wildman–Crippen LogP) is 0.213. The Morgan fingerprint density at radius 2 is 2.33 bits per heavy atom. The van der Waals surface area contributed by atoms with Crippen LogP contribution in [0, 0.1) is 11.8 Å². The molecule has 2 heterocycles. The van der Waals surface area contributed by atoms with Crippen molar-refractivity contribution in [3.63, 3.8) is 0 Å². The number of rotatable bonds is 4. The maximum atomic E-state index is 12.3. The van der Waals surface area contributed by atoms with Gasteiger partial charge in [0.1, 0.15) is 0 Å². The summed E-state index contributed by atoms with van der Waals surface area (Å²) in [5.41, 5.74) is -2.14. The molecule has 0 radical (unpaired) electrons. The summed E-state index contributed by atoms with van der Waals surface area (Å²) < 4.78 is 6.46. The molecule has 2 fully saturated rings. The first kappa shape index (κ1) is 16.0. The molecular weight excluding hydrogens is 346 g/mol. The summed E-state index contributed by atoms with van der Waals surface area (Å²) in [7, 11) is 0. The minimum atomic E-state index is -1.24. The van der Waals surface area contributed by atoms with Crippen LogP contribution in [0.2, 0.25) is 1.39 Å². The monoisotopic (exact) mass is 367 g/mol. The van der Waals surface area contributed by atoms with Crippen LogP contribution >= 0.6 is 0 Å². The van der Waals surface area contributed by atoms with Crippen LogP contribution in [0.25, 0.3) is 0 Å². The average molecular weight is 367 g/mol. The number of hydrogen-bond donors (Lipinski definition) is 2. The van der Waals surface area contributed by atoms with Gasteiger partial charge in [0.2, 0.25) is 0 Å². The van der Waals surface area contributed by atoms with Crippen molar-refractivity contribution in [1.82, 2.24) is 5.32 Å². The van der Waals surface area contributed by atoms with Gasteiger partial charge < -0.3 is 0 Å². The van der Waals surface area contributed by atoms with Crippen LogP contribution in [-0.2, 0) is 14.3 Å². The molecule has 3 aliphatic rings. The zero-order chi connectivity index (χ0) is 15.3. The van der Waals surface area contributed by atoms with Gasteiger partial charge in [0.05, 0.1) is 0 Å². The molecule has 0 unspecified atom stereocenters. The Morgan fingerprint density at radius 1 is 1.57 bits per heavy atom. The number of allylic oxidation sites excluding steroid dienone is 1. The molecule has 3 rings (SSSR count). The average Bonchev–Trinajstić information content (AvgIpc) is 2.65. The molecule has 0 aromatic heterocycles. The predicted molar refractivity (Wildman–Crippen MR) is 77.9 cm³/mol. The van der Waals surface area contributed by atoms with Gasteiger partial charge in [0.15, 0.2) is 0 Å². The minimum absolute atomic E-state index is 0.0919. The molecule has 2 saturated heterocycles. The number of carbonyl (C=O) groups is 2. The third-order valence-electron chi connectivity index (χ3n) is 5.43. The van der Waals surface area contributed by atoms with Gasteiger partial charge in [0.25, 0.3) is 0 Å². The topological polar surface area (TPSA) is 75.6 Å². The standard InChI is InChI=1S/C15H20NO4.Sr.H/c1-3-10-12(18)16-15(13(19)20-14(10,15)2)11(17)9-7-5-4-6-8-9;;/h5,7,9-11,17H,1,3-4,6,8H2,2H3,(H,16,18);;/t9-,10+,11+,14+,15+;;/m1../s1. The zero-order valence-electron chi connectivity index (χ0n) is 12.6. The van der Waals surface area contributed by atoms with E-state index in [0.717, 1.165) is 27.1 Å². The first-order valence-corrected chi connectivity index (χ1v) is 11.3. The van der Waals surface area contributed by atoms with Crippen molar-refractivity contribution in [2.24, 2.45) is 11.8 Å². The molecule has 5 nitrogen and oxygen atoms in total. The second-order valence-corrected chi connectivity index (χ2v) is 9.06. The third kappa shape index (κ3) is 2.10. The normalized spacial score (nSPS) is 42.7. The van der Waals surface area contributed by atoms with Crippen molar-refractivity contribution in [2.75, 3.05) is 0 Å². The third-order valence-corrected chi connectivity index (χ3v) is 6.85. The number of aliphatic hydroxyl groups excluding tert-OH is 1. The van der Waals surface area contributed by atoms with E-state index < -0.39 is 23.2 Å². The van der Waals surface area contributed by atoms with E-state index in [4.69, 9.17) is 4.74 Å². The van der Waals surface area contributed by atoms with Crippen LogP contribution in [0.5, 0.6) is 0 Å². The van der Waals surface area contributed by atoms with Gasteiger partial charge in [-0.1, -0.05) is 0 Å². The van der Waals surface area contributed by atoms with E-state index in [1.807, 2.05) is 12.2 Å². The number of aliphatic hydroxyl groups is 1. The molecule has 0 aromatic carbocycles. The Balaban J connectivity index is 1.94. The van der Waals surface area contributed by atoms with Gasteiger partial charge >= 0.3 is 155 Å². The van der Waals surface area contributed by atoms with Crippen LogP contribution in [0.15, 0.2) is 12.2 Å². The molecule has 5 atom stereocenters. The van der Waals surface area contributed by atoms with Gasteiger partial charge in [-0.3, -0.25) is 0 Å². The Morgan fingerprint density at radius 3 is 2.90 bits per heavy atom. The second kappa shape index (κ2) is 5.64. The van der Waals surface area contributed by atoms with Crippen LogP contribution in [0.1, 0.15) is 32.6 Å². The molecule has 2 aliphatic heterocycles. The Hall–Kier alpha value is 0.121. The molecule has 6 heteroatoms. The summed E-state index contributed by atoms with van der Waals surface area (Å²) in [5, 5.41) is 13.7. The number of esters is 1. The van der Waals surface area contributed by atoms with Gasteiger partial charge in [-0.2, -0.15) is 0 Å². The van der Waals surface area contributed by atoms with E-state index in [1.165, 1.54) is 0 Å². The SMILES string of the molecule is C[C@@]12OC(=O)[C@]1([C@@H](O)[C@@H]1C=CCCC1)NC(=O)[C@@H]2C[CH2][SrH]. The summed E-state index contributed by atoms with van der Waals surface area (Å²) in [6, 6.07) is 0. The molecule has 0 saturated carbocycles. The van der Waals surface area contributed by atoms with E-state index in [9.17, 15) is 14.7 Å². The van der Waals surface area contributed by atoms with Gasteiger partial charge in [-0.05, 0) is 0 Å². The quantitative estimate of drug-likeness (QED) is 0.424. The number of fused-ring (bicyclic) bond motifs is 1. The van der Waals surface area contributed by atoms with Crippen LogP contribution in [-0.4, -0.2) is 77.5 Å². The summed E-state index contributed by atoms with van der Waals surface area (Å²) in [6.45, 7) is 1.80. The molecule has 21 heavy (non-hydrogen) atoms. The molecule has 0 spiro atoms. The fourth-order valence-corrected chi connectivity index (χ4v) is 5.59. The van der Waals surface area contributed by atoms with E-state index in [0.29, 0.717) is 43.3 Å². The van der Waals surface area contributed by atoms with Crippen LogP contribution in [0.4, 0.5) is 0 Å². The van der Waals surface area contributed by atoms with Crippen LogP contribution < -0.4 is 5.32 Å². The Kier molecular flexibility index (Phi) is 4.29. The first-order valence-electron chi connectivity index (χ1n) is 7.87. The number of nitrogens with one attached hydrogen (secondary N) is 1. The van der Waals surface area contributed by atoms with Gasteiger partial charge in [-0.15, -0.1) is 0 Å². The number of carbonyl (C=O) groups excluding carboxylic acids is 2. The fraction of sp³-hybridized carbons (Fsp3) is 0.733. The fourth-order valence-electron chi connectivity index (χ4n) is 4.17. The first-order chi connectivity index (χ1) is 9.97. The van der Waals surface area contributed by atoms with Gasteiger partial charge in [0, 0.05) is 0 Å². The molecular formula is C15H21NO4Sr. The molecule has 1 aliphatic carbocycles. The molecule has 112 valence electrons. The summed E-state index contributed by atoms with van der Waals surface area (Å²) >= 11 is 0.500. The molecule has 0 aromatic rings. The van der Waals surface area contributed by atoms with Gasteiger partial charge in [-0.25, -0.2) is 0 Å². The summed E-state index contributed by atoms with van der Waals surface area (Å²) in [4.78, 5) is 24.5. The zero-order valence-corrected chi connectivity index (χ0v) is 17.5. The molecule has 2 N–H and O–H groups in total. The number of hydrogen-bond acceptors (Lipinski definition) is 4. The van der Waals surface area contributed by atoms with Crippen molar-refractivity contribution >= 4 is 55.1 Å². The van der Waals surface area contributed by atoms with Crippen molar-refractivity contribution < 1.29 is 19.4 Å². The number of ether oxygens (including phenoxy) is 1. The van der Waals surface area contributed by atoms with E-state index >= 15 is 0 Å². The number of amides is 1. The second-order valence-electron chi connectivity index (χ2n) is 6.60. The van der Waals surface area contributed by atoms with E-state index in [-0.39, 0.29) is 17.7 Å². The van der Waals surface area contributed by atoms with E-state index in [1.54, 1.807) is 6.92 Å².